The van der Waals surface area contributed by atoms with Crippen LogP contribution in [0, 0.1) is 0 Å². The SMILES string of the molecule is COCOc1c(C(F)(F)F)ccc(CNc2ccc3c(c2)OC[C@H]3CC(=O)OC)c1C(OC)OC. The van der Waals surface area contributed by atoms with Gasteiger partial charge in [0.2, 0.25) is 0 Å². The maximum absolute atomic E-state index is 13.7. The fraction of sp³-hybridized carbons (Fsp3) is 0.458. The number of benzene rings is 2. The lowest BCUT2D eigenvalue weighted by atomic mass is 9.97. The second kappa shape index (κ2) is 11.6. The molecule has 0 radical (unpaired) electrons. The van der Waals surface area contributed by atoms with Gasteiger partial charge in [0, 0.05) is 51.1 Å². The Morgan fingerprint density at radius 2 is 1.89 bits per heavy atom. The Balaban J connectivity index is 1.89. The molecule has 0 bridgehead atoms. The molecule has 1 heterocycles. The largest absolute Gasteiger partial charge is 0.493 e. The highest BCUT2D eigenvalue weighted by Crippen LogP contribution is 2.43. The number of methoxy groups -OCH3 is 4. The zero-order valence-electron chi connectivity index (χ0n) is 19.9. The second-order valence-corrected chi connectivity index (χ2v) is 7.76. The predicted octanol–water partition coefficient (Wildman–Crippen LogP) is 4.63. The topological polar surface area (TPSA) is 84.5 Å². The Kier molecular flexibility index (Phi) is 8.82. The first-order chi connectivity index (χ1) is 16.7. The first-order valence-corrected chi connectivity index (χ1v) is 10.7. The van der Waals surface area contributed by atoms with Crippen LogP contribution in [0.5, 0.6) is 11.5 Å². The lowest BCUT2D eigenvalue weighted by Crippen LogP contribution is -2.18. The highest BCUT2D eigenvalue weighted by atomic mass is 19.4. The molecule has 0 aliphatic carbocycles. The van der Waals surface area contributed by atoms with Crippen LogP contribution in [0.4, 0.5) is 18.9 Å². The van der Waals surface area contributed by atoms with E-state index in [9.17, 15) is 18.0 Å². The molecule has 0 unspecified atom stereocenters. The van der Waals surface area contributed by atoms with Crippen LogP contribution >= 0.6 is 0 Å². The smallest absolute Gasteiger partial charge is 0.419 e. The number of fused-ring (bicyclic) bond motifs is 1. The molecule has 1 atom stereocenters. The Bertz CT molecular complexity index is 1020. The summed E-state index contributed by atoms with van der Waals surface area (Å²) < 4.78 is 72.3. The summed E-state index contributed by atoms with van der Waals surface area (Å²) >= 11 is 0. The first kappa shape index (κ1) is 26.6. The standard InChI is InChI=1S/C24H28F3NO7/c1-30-13-35-22-18(24(25,26)27)8-5-14(21(22)23(32-3)33-4)11-28-16-6-7-17-15(9-20(29)31-2)12-34-19(17)10-16/h5-8,10,15,23,28H,9,11-13H2,1-4H3/t15-/m1/s1. The summed E-state index contributed by atoms with van der Waals surface area (Å²) in [4.78, 5) is 11.6. The van der Waals surface area contributed by atoms with E-state index in [0.29, 0.717) is 23.6 Å². The van der Waals surface area contributed by atoms with Gasteiger partial charge in [0.25, 0.3) is 0 Å². The summed E-state index contributed by atoms with van der Waals surface area (Å²) in [6.45, 7) is 0.118. The average Bonchev–Trinajstić information content (AvgIpc) is 3.23. The van der Waals surface area contributed by atoms with Crippen LogP contribution in [0.1, 0.15) is 40.9 Å². The van der Waals surface area contributed by atoms with Crippen LogP contribution < -0.4 is 14.8 Å². The van der Waals surface area contributed by atoms with Crippen LogP contribution in [-0.2, 0) is 36.5 Å². The van der Waals surface area contributed by atoms with Gasteiger partial charge in [-0.2, -0.15) is 13.2 Å². The third kappa shape index (κ3) is 6.16. The molecule has 1 aliphatic heterocycles. The van der Waals surface area contributed by atoms with Crippen molar-refractivity contribution in [3.05, 3.63) is 52.6 Å². The van der Waals surface area contributed by atoms with Gasteiger partial charge in [-0.05, 0) is 17.7 Å². The van der Waals surface area contributed by atoms with E-state index in [1.54, 1.807) is 6.07 Å². The number of ether oxygens (including phenoxy) is 6. The summed E-state index contributed by atoms with van der Waals surface area (Å²) in [7, 11) is 5.31. The van der Waals surface area contributed by atoms with Crippen LogP contribution in [0.15, 0.2) is 30.3 Å². The fourth-order valence-electron chi connectivity index (χ4n) is 3.92. The van der Waals surface area contributed by atoms with E-state index in [1.165, 1.54) is 34.5 Å². The minimum absolute atomic E-state index is 0.0994. The van der Waals surface area contributed by atoms with Crippen molar-refractivity contribution in [2.24, 2.45) is 0 Å². The number of hydrogen-bond acceptors (Lipinski definition) is 8. The molecule has 2 aromatic carbocycles. The van der Waals surface area contributed by atoms with E-state index in [-0.39, 0.29) is 37.2 Å². The van der Waals surface area contributed by atoms with Crippen LogP contribution in [0.25, 0.3) is 0 Å². The van der Waals surface area contributed by atoms with Crippen molar-refractivity contribution in [2.45, 2.75) is 31.3 Å². The summed E-state index contributed by atoms with van der Waals surface area (Å²) in [5.41, 5.74) is 1.19. The van der Waals surface area contributed by atoms with Crippen molar-refractivity contribution in [2.75, 3.05) is 47.2 Å². The van der Waals surface area contributed by atoms with Crippen LogP contribution in [0.2, 0.25) is 0 Å². The monoisotopic (exact) mass is 499 g/mol. The molecule has 0 spiro atoms. The first-order valence-electron chi connectivity index (χ1n) is 10.7. The van der Waals surface area contributed by atoms with Gasteiger partial charge in [0.1, 0.15) is 11.5 Å². The summed E-state index contributed by atoms with van der Waals surface area (Å²) in [5, 5.41) is 3.19. The van der Waals surface area contributed by atoms with Crippen molar-refractivity contribution in [3.8, 4) is 11.5 Å². The molecule has 8 nitrogen and oxygen atoms in total. The molecule has 35 heavy (non-hydrogen) atoms. The number of carbonyl (C=O) groups is 1. The third-order valence-electron chi connectivity index (χ3n) is 5.59. The highest BCUT2D eigenvalue weighted by Gasteiger charge is 2.38. The van der Waals surface area contributed by atoms with E-state index in [4.69, 9.17) is 28.4 Å². The van der Waals surface area contributed by atoms with Crippen LogP contribution in [-0.4, -0.2) is 47.8 Å². The second-order valence-electron chi connectivity index (χ2n) is 7.76. The minimum atomic E-state index is -4.66. The Morgan fingerprint density at radius 3 is 2.51 bits per heavy atom. The van der Waals surface area contributed by atoms with Gasteiger partial charge in [-0.25, -0.2) is 0 Å². The van der Waals surface area contributed by atoms with Gasteiger partial charge in [-0.1, -0.05) is 12.1 Å². The molecule has 0 aromatic heterocycles. The number of esters is 1. The minimum Gasteiger partial charge on any atom is -0.493 e. The van der Waals surface area contributed by atoms with Crippen LogP contribution in [0.3, 0.4) is 0 Å². The van der Waals surface area contributed by atoms with E-state index in [0.717, 1.165) is 11.6 Å². The molecule has 2 aromatic rings. The Labute approximate surface area is 201 Å². The van der Waals surface area contributed by atoms with Crippen molar-refractivity contribution < 1.29 is 46.4 Å². The quantitative estimate of drug-likeness (QED) is 0.354. The van der Waals surface area contributed by atoms with E-state index in [1.807, 2.05) is 12.1 Å². The summed E-state index contributed by atoms with van der Waals surface area (Å²) in [5.74, 6) is -0.207. The van der Waals surface area contributed by atoms with Gasteiger partial charge in [-0.3, -0.25) is 4.79 Å². The highest BCUT2D eigenvalue weighted by molar-refractivity contribution is 5.71. The van der Waals surface area contributed by atoms with Gasteiger partial charge < -0.3 is 33.7 Å². The van der Waals surface area contributed by atoms with Crippen molar-refractivity contribution >= 4 is 11.7 Å². The normalized spacial score (nSPS) is 15.0. The number of anilines is 1. The van der Waals surface area contributed by atoms with E-state index < -0.39 is 23.8 Å². The number of hydrogen-bond donors (Lipinski definition) is 1. The molecule has 3 rings (SSSR count). The van der Waals surface area contributed by atoms with Crippen molar-refractivity contribution in [3.63, 3.8) is 0 Å². The average molecular weight is 499 g/mol. The predicted molar refractivity (Wildman–Crippen MR) is 119 cm³/mol. The van der Waals surface area contributed by atoms with Crippen molar-refractivity contribution in [1.82, 2.24) is 0 Å². The van der Waals surface area contributed by atoms with Gasteiger partial charge >= 0.3 is 12.1 Å². The molecule has 1 N–H and O–H groups in total. The Hall–Kier alpha value is -3.02. The molecular weight excluding hydrogens is 471 g/mol. The molecule has 11 heteroatoms. The van der Waals surface area contributed by atoms with Gasteiger partial charge in [0.05, 0.1) is 31.3 Å². The fourth-order valence-corrected chi connectivity index (χ4v) is 3.92. The molecule has 0 amide bonds. The molecule has 1 aliphatic rings. The molecular formula is C24H28F3NO7. The molecule has 0 fully saturated rings. The Morgan fingerprint density at radius 1 is 1.14 bits per heavy atom. The van der Waals surface area contributed by atoms with E-state index >= 15 is 0 Å². The lowest BCUT2D eigenvalue weighted by Gasteiger charge is -2.24. The number of alkyl halides is 3. The van der Waals surface area contributed by atoms with Gasteiger partial charge in [-0.15, -0.1) is 0 Å². The lowest BCUT2D eigenvalue weighted by molar-refractivity contribution is -0.142. The zero-order valence-corrected chi connectivity index (χ0v) is 19.9. The number of halogens is 3. The molecule has 192 valence electrons. The maximum Gasteiger partial charge on any atom is 0.419 e. The number of nitrogens with one attached hydrogen (secondary N) is 1. The summed E-state index contributed by atoms with van der Waals surface area (Å²) in [6, 6.07) is 7.76. The maximum atomic E-state index is 13.7. The zero-order chi connectivity index (χ0) is 25.6. The third-order valence-corrected chi connectivity index (χ3v) is 5.59. The summed E-state index contributed by atoms with van der Waals surface area (Å²) in [6.07, 6.45) is -5.55. The van der Waals surface area contributed by atoms with Gasteiger partial charge in [0.15, 0.2) is 13.1 Å². The van der Waals surface area contributed by atoms with E-state index in [2.05, 4.69) is 5.32 Å². The molecule has 0 saturated heterocycles. The molecule has 0 saturated carbocycles. The number of carbonyl (C=O) groups excluding carboxylic acids is 1. The van der Waals surface area contributed by atoms with Crippen molar-refractivity contribution in [1.29, 1.82) is 0 Å². The number of rotatable bonds is 11.